The summed E-state index contributed by atoms with van der Waals surface area (Å²) >= 11 is 0. The van der Waals surface area contributed by atoms with Crippen molar-refractivity contribution in [2.24, 2.45) is 23.7 Å². The number of fused-ring (bicyclic) bond motifs is 6. The first kappa shape index (κ1) is 18.2. The molecule has 5 aliphatic rings. The summed E-state index contributed by atoms with van der Waals surface area (Å²) in [4.78, 5) is 26.0. The zero-order valence-corrected chi connectivity index (χ0v) is 16.6. The Bertz CT molecular complexity index is 718. The molecule has 0 spiro atoms. The number of carbonyl (C=O) groups excluding carboxylic acids is 2. The van der Waals surface area contributed by atoms with Crippen molar-refractivity contribution in [1.29, 1.82) is 0 Å². The molecule has 0 amide bonds. The molecule has 2 heterocycles. The molecule has 0 N–H and O–H groups in total. The van der Waals surface area contributed by atoms with Gasteiger partial charge >= 0.3 is 11.9 Å². The summed E-state index contributed by atoms with van der Waals surface area (Å²) in [5, 5.41) is 0. The first-order chi connectivity index (χ1) is 13.7. The molecule has 0 radical (unpaired) electrons. The first-order valence-corrected chi connectivity index (χ1v) is 11.2. The number of esters is 2. The van der Waals surface area contributed by atoms with Crippen molar-refractivity contribution in [2.75, 3.05) is 13.2 Å². The van der Waals surface area contributed by atoms with Crippen molar-refractivity contribution < 1.29 is 19.1 Å². The fourth-order valence-electron chi connectivity index (χ4n) is 6.13. The Labute approximate surface area is 167 Å². The maximum Gasteiger partial charge on any atom is 0.338 e. The first-order valence-electron chi connectivity index (χ1n) is 11.2. The van der Waals surface area contributed by atoms with Gasteiger partial charge in [0.25, 0.3) is 0 Å². The molecule has 6 rings (SSSR count). The van der Waals surface area contributed by atoms with Crippen molar-refractivity contribution >= 4 is 11.9 Å². The number of ether oxygens (including phenoxy) is 2. The lowest BCUT2D eigenvalue weighted by atomic mass is 9.67. The smallest absolute Gasteiger partial charge is 0.338 e. The van der Waals surface area contributed by atoms with E-state index in [0.717, 1.165) is 36.8 Å². The van der Waals surface area contributed by atoms with Gasteiger partial charge in [-0.25, -0.2) is 9.59 Å². The van der Waals surface area contributed by atoms with E-state index in [0.29, 0.717) is 48.0 Å². The Morgan fingerprint density at radius 3 is 1.43 bits per heavy atom. The van der Waals surface area contributed by atoms with Crippen LogP contribution in [0.1, 0.15) is 83.2 Å². The van der Waals surface area contributed by atoms with Crippen molar-refractivity contribution in [3.8, 4) is 0 Å². The third kappa shape index (κ3) is 3.25. The molecule has 0 saturated heterocycles. The maximum absolute atomic E-state index is 13.0. The molecule has 2 saturated carbocycles. The normalized spacial score (nSPS) is 32.7. The second-order valence-corrected chi connectivity index (χ2v) is 9.33. The van der Waals surface area contributed by atoms with E-state index in [9.17, 15) is 9.59 Å². The van der Waals surface area contributed by atoms with Gasteiger partial charge in [0.2, 0.25) is 0 Å². The average Bonchev–Trinajstić information content (AvgIpc) is 2.73. The van der Waals surface area contributed by atoms with Gasteiger partial charge < -0.3 is 9.47 Å². The van der Waals surface area contributed by atoms with Crippen molar-refractivity contribution in [1.82, 2.24) is 0 Å². The van der Waals surface area contributed by atoms with Gasteiger partial charge in [-0.05, 0) is 85.5 Å². The Hall–Kier alpha value is -1.84. The van der Waals surface area contributed by atoms with E-state index in [1.54, 1.807) is 12.1 Å². The van der Waals surface area contributed by atoms with Crippen LogP contribution in [0.5, 0.6) is 0 Å². The van der Waals surface area contributed by atoms with Gasteiger partial charge in [0, 0.05) is 0 Å². The summed E-state index contributed by atoms with van der Waals surface area (Å²) in [5.74, 6) is 1.48. The number of rotatable bonds is 0. The highest BCUT2D eigenvalue weighted by atomic mass is 16.5. The lowest BCUT2D eigenvalue weighted by Gasteiger charge is -2.38. The molecular weight excluding hydrogens is 352 g/mol. The highest BCUT2D eigenvalue weighted by molar-refractivity contribution is 5.96. The highest BCUT2D eigenvalue weighted by Crippen LogP contribution is 2.42. The number of benzene rings is 1. The third-order valence-corrected chi connectivity index (χ3v) is 7.79. The molecule has 0 aromatic heterocycles. The summed E-state index contributed by atoms with van der Waals surface area (Å²) in [6.07, 6.45) is 11.3. The van der Waals surface area contributed by atoms with Gasteiger partial charge in [-0.15, -0.1) is 0 Å². The van der Waals surface area contributed by atoms with Crippen LogP contribution < -0.4 is 0 Å². The van der Waals surface area contributed by atoms with Crippen molar-refractivity contribution in [3.05, 3.63) is 34.4 Å². The summed E-state index contributed by atoms with van der Waals surface area (Å²) in [6.45, 7) is 0.896. The molecule has 4 atom stereocenters. The predicted molar refractivity (Wildman–Crippen MR) is 105 cm³/mol. The fourth-order valence-corrected chi connectivity index (χ4v) is 6.13. The number of carbonyl (C=O) groups is 2. The molecule has 4 nitrogen and oxygen atoms in total. The Morgan fingerprint density at radius 2 is 1.00 bits per heavy atom. The van der Waals surface area contributed by atoms with Gasteiger partial charge in [0.1, 0.15) is 0 Å². The van der Waals surface area contributed by atoms with E-state index < -0.39 is 0 Å². The van der Waals surface area contributed by atoms with Crippen molar-refractivity contribution in [3.63, 3.8) is 0 Å². The molecule has 4 heteroatoms. The fraction of sp³-hybridized carbons (Fsp3) is 0.667. The van der Waals surface area contributed by atoms with Crippen LogP contribution in [0.15, 0.2) is 12.1 Å². The van der Waals surface area contributed by atoms with Gasteiger partial charge in [-0.3, -0.25) is 0 Å². The average molecular weight is 383 g/mol. The van der Waals surface area contributed by atoms with E-state index in [1.807, 2.05) is 0 Å². The SMILES string of the molecule is O=C1OCC2CCCCC2COC(=O)c2ccc1c1c2CC2CCCCC2C1. The van der Waals surface area contributed by atoms with Gasteiger partial charge in [-0.2, -0.15) is 0 Å². The monoisotopic (exact) mass is 382 g/mol. The van der Waals surface area contributed by atoms with E-state index in [2.05, 4.69) is 0 Å². The summed E-state index contributed by atoms with van der Waals surface area (Å²) in [5.41, 5.74) is 3.48. The minimum absolute atomic E-state index is 0.199. The molecule has 1 aromatic carbocycles. The van der Waals surface area contributed by atoms with Crippen LogP contribution in [-0.4, -0.2) is 25.2 Å². The lowest BCUT2D eigenvalue weighted by molar-refractivity contribution is 0.0130. The third-order valence-electron chi connectivity index (χ3n) is 7.79. The van der Waals surface area contributed by atoms with Crippen LogP contribution in [0.2, 0.25) is 0 Å². The molecule has 3 aliphatic carbocycles. The molecule has 1 aromatic rings. The quantitative estimate of drug-likeness (QED) is 0.609. The van der Waals surface area contributed by atoms with Crippen LogP contribution >= 0.6 is 0 Å². The van der Waals surface area contributed by atoms with E-state index in [-0.39, 0.29) is 11.9 Å². The second-order valence-electron chi connectivity index (χ2n) is 9.33. The second kappa shape index (κ2) is 7.53. The Kier molecular flexibility index (Phi) is 4.90. The summed E-state index contributed by atoms with van der Waals surface area (Å²) in [6, 6.07) is 3.61. The highest BCUT2D eigenvalue weighted by Gasteiger charge is 2.36. The summed E-state index contributed by atoms with van der Waals surface area (Å²) in [7, 11) is 0. The van der Waals surface area contributed by atoms with E-state index in [1.165, 1.54) is 38.5 Å². The molecule has 28 heavy (non-hydrogen) atoms. The molecule has 4 unspecified atom stereocenters. The largest absolute Gasteiger partial charge is 0.462 e. The molecule has 2 bridgehead atoms. The van der Waals surface area contributed by atoms with Crippen molar-refractivity contribution in [2.45, 2.75) is 64.2 Å². The zero-order valence-electron chi connectivity index (χ0n) is 16.6. The Balaban J connectivity index is 1.53. The number of hydrogen-bond acceptors (Lipinski definition) is 4. The minimum atomic E-state index is -0.199. The minimum Gasteiger partial charge on any atom is -0.462 e. The summed E-state index contributed by atoms with van der Waals surface area (Å²) < 4.78 is 11.6. The van der Waals surface area contributed by atoms with Crippen LogP contribution in [0.3, 0.4) is 0 Å². The van der Waals surface area contributed by atoms with Crippen LogP contribution in [-0.2, 0) is 22.3 Å². The molecule has 2 aliphatic heterocycles. The van der Waals surface area contributed by atoms with Gasteiger partial charge in [0.05, 0.1) is 24.3 Å². The van der Waals surface area contributed by atoms with Gasteiger partial charge in [-0.1, -0.05) is 25.7 Å². The molecule has 150 valence electrons. The van der Waals surface area contributed by atoms with Crippen LogP contribution in [0.4, 0.5) is 0 Å². The topological polar surface area (TPSA) is 52.6 Å². The zero-order chi connectivity index (χ0) is 19.1. The van der Waals surface area contributed by atoms with E-state index in [4.69, 9.17) is 9.47 Å². The predicted octanol–water partition coefficient (Wildman–Crippen LogP) is 4.73. The molecule has 2 fully saturated rings. The Morgan fingerprint density at radius 1 is 0.607 bits per heavy atom. The van der Waals surface area contributed by atoms with Crippen LogP contribution in [0.25, 0.3) is 0 Å². The standard InChI is InChI=1S/C24H30O4/c25-23-19-9-10-20(22-12-16-6-2-1-5-15(16)11-21(19)22)24(26)28-14-18-8-4-3-7-17(18)13-27-23/h9-10,15-18H,1-8,11-14H2. The number of hydrogen-bond donors (Lipinski definition) is 0. The van der Waals surface area contributed by atoms with E-state index >= 15 is 0 Å². The lowest BCUT2D eigenvalue weighted by Crippen LogP contribution is -2.33. The molecular formula is C24H30O4. The maximum atomic E-state index is 13.0. The van der Waals surface area contributed by atoms with Gasteiger partial charge in [0.15, 0.2) is 0 Å². The van der Waals surface area contributed by atoms with Crippen LogP contribution in [0, 0.1) is 23.7 Å².